The molecule has 1 aliphatic heterocycles. The predicted octanol–water partition coefficient (Wildman–Crippen LogP) is 2.22. The van der Waals surface area contributed by atoms with Gasteiger partial charge in [0.1, 0.15) is 6.04 Å². The van der Waals surface area contributed by atoms with Gasteiger partial charge in [-0.15, -0.1) is 0 Å². The van der Waals surface area contributed by atoms with Gasteiger partial charge in [0.2, 0.25) is 0 Å². The number of rotatable bonds is 8. The molecule has 35 heavy (non-hydrogen) atoms. The Hall–Kier alpha value is -3.48. The molecule has 3 N–H and O–H groups in total. The van der Waals surface area contributed by atoms with Crippen LogP contribution in [0, 0.1) is 11.8 Å². The third-order valence-corrected chi connectivity index (χ3v) is 5.73. The van der Waals surface area contributed by atoms with Crippen LogP contribution in [0.3, 0.4) is 0 Å². The van der Waals surface area contributed by atoms with Crippen molar-refractivity contribution in [2.45, 2.75) is 25.6 Å². The van der Waals surface area contributed by atoms with Crippen molar-refractivity contribution in [3.8, 4) is 11.8 Å². The number of carbonyl (C=O) groups excluding carboxylic acids is 2. The predicted molar refractivity (Wildman–Crippen MR) is 133 cm³/mol. The number of benzene rings is 2. The molecule has 8 heteroatoms. The van der Waals surface area contributed by atoms with Crippen molar-refractivity contribution in [1.82, 2.24) is 15.7 Å². The topological polar surface area (TPSA) is 100 Å². The van der Waals surface area contributed by atoms with Gasteiger partial charge in [-0.3, -0.25) is 19.7 Å². The molecule has 2 aromatic rings. The van der Waals surface area contributed by atoms with Gasteiger partial charge in [0.05, 0.1) is 19.3 Å². The monoisotopic (exact) mass is 477 g/mol. The van der Waals surface area contributed by atoms with Gasteiger partial charge >= 0.3 is 0 Å². The Morgan fingerprint density at radius 2 is 1.83 bits per heavy atom. The highest BCUT2D eigenvalue weighted by atomic mass is 16.5. The fourth-order valence-corrected chi connectivity index (χ4v) is 3.55. The largest absolute Gasteiger partial charge is 0.379 e. The van der Waals surface area contributed by atoms with Crippen LogP contribution in [0.15, 0.2) is 54.6 Å². The summed E-state index contributed by atoms with van der Waals surface area (Å²) in [5, 5.41) is 11.5. The van der Waals surface area contributed by atoms with Gasteiger partial charge in [-0.1, -0.05) is 36.1 Å². The maximum atomic E-state index is 12.5. The van der Waals surface area contributed by atoms with Gasteiger partial charge in [0.25, 0.3) is 11.8 Å². The number of ether oxygens (including phenoxy) is 2. The van der Waals surface area contributed by atoms with E-state index >= 15 is 0 Å². The second kappa shape index (κ2) is 13.4. The summed E-state index contributed by atoms with van der Waals surface area (Å²) in [5.41, 5.74) is 5.01. The minimum absolute atomic E-state index is 0.379. The number of allylic oxidation sites excluding steroid dienone is 1. The highest BCUT2D eigenvalue weighted by Gasteiger charge is 2.27. The molecule has 0 bridgehead atoms. The molecule has 0 saturated carbocycles. The molecule has 1 unspecified atom stereocenters. The summed E-state index contributed by atoms with van der Waals surface area (Å²) in [4.78, 5) is 26.7. The Morgan fingerprint density at radius 1 is 1.14 bits per heavy atom. The van der Waals surface area contributed by atoms with Gasteiger partial charge < -0.3 is 14.8 Å². The highest BCUT2D eigenvalue weighted by molar-refractivity contribution is 5.97. The summed E-state index contributed by atoms with van der Waals surface area (Å²) in [6.45, 7) is 6.06. The number of methoxy groups -OCH3 is 1. The Labute approximate surface area is 205 Å². The zero-order valence-electron chi connectivity index (χ0n) is 20.0. The number of nitrogens with one attached hydrogen (secondary N) is 2. The molecule has 1 heterocycles. The third-order valence-electron chi connectivity index (χ3n) is 5.73. The third kappa shape index (κ3) is 8.05. The molecule has 0 aromatic heterocycles. The zero-order chi connectivity index (χ0) is 25.0. The van der Waals surface area contributed by atoms with E-state index < -0.39 is 24.0 Å². The van der Waals surface area contributed by atoms with Crippen molar-refractivity contribution in [3.05, 3.63) is 76.9 Å². The lowest BCUT2D eigenvalue weighted by Crippen LogP contribution is -2.52. The summed E-state index contributed by atoms with van der Waals surface area (Å²) in [6, 6.07) is 14.1. The first-order valence-electron chi connectivity index (χ1n) is 11.4. The molecule has 1 saturated heterocycles. The van der Waals surface area contributed by atoms with Gasteiger partial charge in [0.15, 0.2) is 0 Å². The van der Waals surface area contributed by atoms with Gasteiger partial charge in [-0.2, -0.15) is 0 Å². The van der Waals surface area contributed by atoms with E-state index in [9.17, 15) is 9.59 Å². The van der Waals surface area contributed by atoms with Crippen LogP contribution >= 0.6 is 0 Å². The maximum Gasteiger partial charge on any atom is 0.268 e. The van der Waals surface area contributed by atoms with Gasteiger partial charge in [0, 0.05) is 37.9 Å². The second-order valence-electron chi connectivity index (χ2n) is 8.18. The molecule has 0 spiro atoms. The maximum absolute atomic E-state index is 12.5. The first-order chi connectivity index (χ1) is 17.0. The minimum atomic E-state index is -1.03. The zero-order valence-corrected chi connectivity index (χ0v) is 20.0. The molecule has 1 aliphatic rings. The van der Waals surface area contributed by atoms with E-state index in [1.54, 1.807) is 42.7 Å². The first kappa shape index (κ1) is 26.1. The lowest BCUT2D eigenvalue weighted by molar-refractivity contribution is -0.134. The van der Waals surface area contributed by atoms with Crippen LogP contribution in [-0.4, -0.2) is 67.5 Å². The fourth-order valence-electron chi connectivity index (χ4n) is 3.55. The number of nitrogens with zero attached hydrogens (tertiary/aromatic N) is 1. The molecule has 8 nitrogen and oxygen atoms in total. The van der Waals surface area contributed by atoms with E-state index in [2.05, 4.69) is 34.2 Å². The van der Waals surface area contributed by atoms with Crippen LogP contribution in [0.5, 0.6) is 0 Å². The van der Waals surface area contributed by atoms with Crippen LogP contribution in [0.4, 0.5) is 0 Å². The van der Waals surface area contributed by atoms with Crippen molar-refractivity contribution < 1.29 is 24.3 Å². The van der Waals surface area contributed by atoms with Crippen molar-refractivity contribution in [1.29, 1.82) is 0 Å². The van der Waals surface area contributed by atoms with E-state index in [0.29, 0.717) is 5.56 Å². The number of hydroxylamine groups is 1. The van der Waals surface area contributed by atoms with Crippen molar-refractivity contribution in [2.75, 3.05) is 33.4 Å². The number of hydrogen-bond acceptors (Lipinski definition) is 6. The van der Waals surface area contributed by atoms with Gasteiger partial charge in [-0.25, -0.2) is 5.48 Å². The lowest BCUT2D eigenvalue weighted by atomic mass is 10.1. The van der Waals surface area contributed by atoms with E-state index in [1.165, 1.54) is 12.7 Å². The molecule has 2 amide bonds. The minimum Gasteiger partial charge on any atom is -0.379 e. The highest BCUT2D eigenvalue weighted by Crippen LogP contribution is 2.10. The molecule has 0 aliphatic carbocycles. The molecule has 2 aromatic carbocycles. The summed E-state index contributed by atoms with van der Waals surface area (Å²) >= 11 is 0. The van der Waals surface area contributed by atoms with Crippen molar-refractivity contribution in [2.24, 2.45) is 0 Å². The average Bonchev–Trinajstić information content (AvgIpc) is 2.90. The average molecular weight is 478 g/mol. The van der Waals surface area contributed by atoms with E-state index in [-0.39, 0.29) is 0 Å². The summed E-state index contributed by atoms with van der Waals surface area (Å²) in [7, 11) is 1.42. The van der Waals surface area contributed by atoms with E-state index in [4.69, 9.17) is 14.7 Å². The fraction of sp³-hybridized carbons (Fsp3) is 0.333. The smallest absolute Gasteiger partial charge is 0.268 e. The summed E-state index contributed by atoms with van der Waals surface area (Å²) in [5.74, 6) is 4.96. The molecular weight excluding hydrogens is 446 g/mol. The summed E-state index contributed by atoms with van der Waals surface area (Å²) in [6.07, 6.45) is 3.00. The molecule has 0 radical (unpaired) electrons. The molecular formula is C27H31N3O5. The Kier molecular flexibility index (Phi) is 10.0. The van der Waals surface area contributed by atoms with Crippen LogP contribution in [0.25, 0.3) is 6.08 Å². The molecule has 3 rings (SSSR count). The molecule has 2 atom stereocenters. The SMILES string of the molecule is COC(C)[C@H](NC(=O)c1ccc(C=CC#Cc2ccc(CN3CCOCC3)cc2)cc1)C(=O)NO. The van der Waals surface area contributed by atoms with E-state index in [0.717, 1.165) is 44.0 Å². The lowest BCUT2D eigenvalue weighted by Gasteiger charge is -2.26. The molecule has 1 fully saturated rings. The van der Waals surface area contributed by atoms with E-state index in [1.807, 2.05) is 18.2 Å². The Balaban J connectivity index is 1.53. The molecule has 184 valence electrons. The Bertz CT molecular complexity index is 1060. The summed E-state index contributed by atoms with van der Waals surface area (Å²) < 4.78 is 10.5. The van der Waals surface area contributed by atoms with Gasteiger partial charge in [-0.05, 0) is 54.5 Å². The normalized spacial score (nSPS) is 15.6. The Morgan fingerprint density at radius 3 is 2.46 bits per heavy atom. The van der Waals surface area contributed by atoms with Crippen LogP contribution in [0.2, 0.25) is 0 Å². The van der Waals surface area contributed by atoms with Crippen molar-refractivity contribution in [3.63, 3.8) is 0 Å². The number of morpholine rings is 1. The quantitative estimate of drug-likeness (QED) is 0.306. The first-order valence-corrected chi connectivity index (χ1v) is 11.4. The second-order valence-corrected chi connectivity index (χ2v) is 8.18. The van der Waals surface area contributed by atoms with Crippen LogP contribution < -0.4 is 10.8 Å². The van der Waals surface area contributed by atoms with Crippen LogP contribution in [0.1, 0.15) is 34.0 Å². The van der Waals surface area contributed by atoms with Crippen molar-refractivity contribution >= 4 is 17.9 Å². The number of amides is 2. The standard InChI is InChI=1S/C27H31N3O5/c1-20(34-2)25(27(32)29-33)28-26(31)24-13-11-22(12-14-24)6-4-3-5-21-7-9-23(10-8-21)19-30-15-17-35-18-16-30/h4,6-14,20,25,33H,15-19H2,1-2H3,(H,28,31)(H,29,32)/t20?,25-/m0/s1. The van der Waals surface area contributed by atoms with Crippen LogP contribution in [-0.2, 0) is 20.8 Å². The number of hydrogen-bond donors (Lipinski definition) is 3. The number of carbonyl (C=O) groups is 2.